The lowest BCUT2D eigenvalue weighted by Crippen LogP contribution is -2.52. The standard InChI is InChI=1S/C18H28N2/c1-2-7-16-13-20(12-11-14(16)5-1)18-10-9-15-6-3-4-8-17(15)19-18/h7-8,14-15,18-19H,1-6,9-13H2. The molecule has 0 saturated carbocycles. The van der Waals surface area contributed by atoms with E-state index in [1.165, 1.54) is 70.9 Å². The number of piperidine rings is 2. The van der Waals surface area contributed by atoms with Crippen LogP contribution in [-0.4, -0.2) is 24.2 Å². The number of rotatable bonds is 1. The Morgan fingerprint density at radius 3 is 2.70 bits per heavy atom. The Morgan fingerprint density at radius 2 is 1.75 bits per heavy atom. The van der Waals surface area contributed by atoms with E-state index in [1.54, 1.807) is 11.3 Å². The minimum absolute atomic E-state index is 0.611. The molecular weight excluding hydrogens is 244 g/mol. The Bertz CT molecular complexity index is 383. The van der Waals surface area contributed by atoms with Crippen LogP contribution >= 0.6 is 0 Å². The van der Waals surface area contributed by atoms with Gasteiger partial charge in [0.1, 0.15) is 0 Å². The van der Waals surface area contributed by atoms with Gasteiger partial charge in [0.2, 0.25) is 0 Å². The fourth-order valence-corrected chi connectivity index (χ4v) is 4.75. The zero-order chi connectivity index (χ0) is 13.4. The largest absolute Gasteiger partial charge is 0.373 e. The predicted octanol–water partition coefficient (Wildman–Crippen LogP) is 3.81. The Balaban J connectivity index is 1.43. The van der Waals surface area contributed by atoms with Crippen LogP contribution in [0.25, 0.3) is 0 Å². The smallest absolute Gasteiger partial charge is 0.0793 e. The van der Waals surface area contributed by atoms with Gasteiger partial charge in [0, 0.05) is 18.8 Å². The highest BCUT2D eigenvalue weighted by Crippen LogP contribution is 2.36. The SMILES string of the molecule is C1=C2CN(C3CCC4CCCC=C4N3)CCC2CCC1. The number of nitrogens with one attached hydrogen (secondary N) is 1. The highest BCUT2D eigenvalue weighted by molar-refractivity contribution is 5.17. The molecule has 2 heteroatoms. The summed E-state index contributed by atoms with van der Waals surface area (Å²) in [5, 5.41) is 3.88. The fraction of sp³-hybridized carbons (Fsp3) is 0.778. The minimum Gasteiger partial charge on any atom is -0.373 e. The van der Waals surface area contributed by atoms with Gasteiger partial charge < -0.3 is 5.32 Å². The van der Waals surface area contributed by atoms with Crippen molar-refractivity contribution in [2.45, 2.75) is 64.0 Å². The van der Waals surface area contributed by atoms with Gasteiger partial charge in [-0.25, -0.2) is 0 Å². The topological polar surface area (TPSA) is 15.3 Å². The maximum absolute atomic E-state index is 3.88. The third-order valence-corrected chi connectivity index (χ3v) is 5.96. The molecule has 2 heterocycles. The van der Waals surface area contributed by atoms with E-state index in [0.29, 0.717) is 6.17 Å². The van der Waals surface area contributed by atoms with Crippen molar-refractivity contribution in [3.05, 3.63) is 23.4 Å². The van der Waals surface area contributed by atoms with Gasteiger partial charge in [-0.05, 0) is 69.6 Å². The molecule has 2 fully saturated rings. The van der Waals surface area contributed by atoms with Gasteiger partial charge in [-0.3, -0.25) is 4.90 Å². The van der Waals surface area contributed by atoms with Gasteiger partial charge in [0.25, 0.3) is 0 Å². The molecule has 0 aromatic rings. The van der Waals surface area contributed by atoms with Crippen LogP contribution in [0.15, 0.2) is 23.4 Å². The molecule has 4 aliphatic rings. The first-order valence-electron chi connectivity index (χ1n) is 8.80. The maximum Gasteiger partial charge on any atom is 0.0793 e. The first-order chi connectivity index (χ1) is 9.90. The molecule has 0 aromatic heterocycles. The number of hydrogen-bond acceptors (Lipinski definition) is 2. The van der Waals surface area contributed by atoms with Crippen LogP contribution in [0.4, 0.5) is 0 Å². The number of allylic oxidation sites excluding steroid dienone is 3. The van der Waals surface area contributed by atoms with E-state index in [9.17, 15) is 0 Å². The Morgan fingerprint density at radius 1 is 0.900 bits per heavy atom. The van der Waals surface area contributed by atoms with Crippen molar-refractivity contribution in [2.75, 3.05) is 13.1 Å². The molecule has 2 nitrogen and oxygen atoms in total. The lowest BCUT2D eigenvalue weighted by molar-refractivity contribution is 0.114. The Kier molecular flexibility index (Phi) is 3.59. The molecule has 0 radical (unpaired) electrons. The highest BCUT2D eigenvalue weighted by atomic mass is 15.3. The summed E-state index contributed by atoms with van der Waals surface area (Å²) in [4.78, 5) is 2.72. The summed E-state index contributed by atoms with van der Waals surface area (Å²) in [7, 11) is 0. The van der Waals surface area contributed by atoms with Crippen LogP contribution in [0.1, 0.15) is 57.8 Å². The van der Waals surface area contributed by atoms with E-state index in [4.69, 9.17) is 0 Å². The van der Waals surface area contributed by atoms with Crippen molar-refractivity contribution in [1.82, 2.24) is 10.2 Å². The first-order valence-corrected chi connectivity index (χ1v) is 8.80. The second-order valence-corrected chi connectivity index (χ2v) is 7.19. The molecule has 20 heavy (non-hydrogen) atoms. The van der Waals surface area contributed by atoms with E-state index in [2.05, 4.69) is 22.4 Å². The molecule has 0 bridgehead atoms. The van der Waals surface area contributed by atoms with Crippen LogP contribution < -0.4 is 5.32 Å². The average Bonchev–Trinajstić information content (AvgIpc) is 2.54. The molecule has 2 aliphatic carbocycles. The average molecular weight is 272 g/mol. The molecule has 2 aliphatic heterocycles. The number of nitrogens with zero attached hydrogens (tertiary/aromatic N) is 1. The van der Waals surface area contributed by atoms with Crippen molar-refractivity contribution < 1.29 is 0 Å². The van der Waals surface area contributed by atoms with Crippen LogP contribution in [0.2, 0.25) is 0 Å². The quantitative estimate of drug-likeness (QED) is 0.730. The summed E-state index contributed by atoms with van der Waals surface area (Å²) in [6.07, 6.45) is 18.1. The molecule has 1 N–H and O–H groups in total. The molecule has 0 aromatic carbocycles. The van der Waals surface area contributed by atoms with Crippen LogP contribution in [0.3, 0.4) is 0 Å². The minimum atomic E-state index is 0.611. The second kappa shape index (κ2) is 5.55. The van der Waals surface area contributed by atoms with E-state index < -0.39 is 0 Å². The molecule has 4 rings (SSSR count). The maximum atomic E-state index is 3.88. The molecule has 0 amide bonds. The van der Waals surface area contributed by atoms with E-state index in [0.717, 1.165) is 11.8 Å². The molecule has 0 spiro atoms. The zero-order valence-corrected chi connectivity index (χ0v) is 12.6. The van der Waals surface area contributed by atoms with Crippen LogP contribution in [-0.2, 0) is 0 Å². The Labute approximate surface area is 123 Å². The van der Waals surface area contributed by atoms with E-state index in [1.807, 2.05) is 0 Å². The van der Waals surface area contributed by atoms with Crippen molar-refractivity contribution in [2.24, 2.45) is 11.8 Å². The first kappa shape index (κ1) is 12.9. The predicted molar refractivity (Wildman–Crippen MR) is 83.2 cm³/mol. The summed E-state index contributed by atoms with van der Waals surface area (Å²) in [5.41, 5.74) is 3.33. The van der Waals surface area contributed by atoms with Gasteiger partial charge >= 0.3 is 0 Å². The van der Waals surface area contributed by atoms with E-state index >= 15 is 0 Å². The summed E-state index contributed by atoms with van der Waals surface area (Å²) in [6.45, 7) is 2.54. The van der Waals surface area contributed by atoms with E-state index in [-0.39, 0.29) is 0 Å². The van der Waals surface area contributed by atoms with Gasteiger partial charge in [0.05, 0.1) is 6.17 Å². The molecule has 3 unspecified atom stereocenters. The lowest BCUT2D eigenvalue weighted by Gasteiger charge is -2.45. The second-order valence-electron chi connectivity index (χ2n) is 7.19. The number of likely N-dealkylation sites (tertiary alicyclic amines) is 1. The van der Waals surface area contributed by atoms with Gasteiger partial charge in [-0.1, -0.05) is 17.7 Å². The van der Waals surface area contributed by atoms with Crippen LogP contribution in [0, 0.1) is 11.8 Å². The summed E-state index contributed by atoms with van der Waals surface area (Å²) >= 11 is 0. The van der Waals surface area contributed by atoms with Crippen molar-refractivity contribution in [3.8, 4) is 0 Å². The Hall–Kier alpha value is -0.760. The van der Waals surface area contributed by atoms with Gasteiger partial charge in [-0.15, -0.1) is 0 Å². The van der Waals surface area contributed by atoms with Crippen LogP contribution in [0.5, 0.6) is 0 Å². The molecular formula is C18H28N2. The van der Waals surface area contributed by atoms with Crippen molar-refractivity contribution in [1.29, 1.82) is 0 Å². The van der Waals surface area contributed by atoms with Crippen molar-refractivity contribution in [3.63, 3.8) is 0 Å². The zero-order valence-electron chi connectivity index (χ0n) is 12.6. The molecule has 110 valence electrons. The molecule has 3 atom stereocenters. The number of hydrogen-bond donors (Lipinski definition) is 1. The molecule has 2 saturated heterocycles. The monoisotopic (exact) mass is 272 g/mol. The third kappa shape index (κ3) is 2.43. The van der Waals surface area contributed by atoms with Gasteiger partial charge in [-0.2, -0.15) is 0 Å². The third-order valence-electron chi connectivity index (χ3n) is 5.96. The summed E-state index contributed by atoms with van der Waals surface area (Å²) in [6, 6.07) is 0. The lowest BCUT2D eigenvalue weighted by atomic mass is 9.81. The van der Waals surface area contributed by atoms with Gasteiger partial charge in [0.15, 0.2) is 0 Å². The normalized spacial score (nSPS) is 38.1. The highest BCUT2D eigenvalue weighted by Gasteiger charge is 2.33. The van der Waals surface area contributed by atoms with Crippen molar-refractivity contribution >= 4 is 0 Å². The summed E-state index contributed by atoms with van der Waals surface area (Å²) in [5.74, 6) is 1.77. The summed E-state index contributed by atoms with van der Waals surface area (Å²) < 4.78 is 0. The number of fused-ring (bicyclic) bond motifs is 2. The fourth-order valence-electron chi connectivity index (χ4n) is 4.75.